The van der Waals surface area contributed by atoms with E-state index in [9.17, 15) is 0 Å². The number of fused-ring (bicyclic) bond motifs is 2. The standard InChI is InChI=1S/C24H26N2/c1-2-3-4-9-17-26-23-16-8-7-15-22(23)25-24(26)18-20-13-10-12-19-11-5-6-14-21(19)20/h5-8,10-16H,2-4,9,17-18H2,1H3. The van der Waals surface area contributed by atoms with Gasteiger partial charge in [-0.3, -0.25) is 0 Å². The van der Waals surface area contributed by atoms with Crippen LogP contribution in [0.5, 0.6) is 0 Å². The zero-order valence-corrected chi connectivity index (χ0v) is 15.5. The van der Waals surface area contributed by atoms with Gasteiger partial charge >= 0.3 is 0 Å². The number of imidazole rings is 1. The SMILES string of the molecule is CCCCCCn1c(Cc2cccc3ccccc23)nc2ccccc21. The molecule has 0 saturated heterocycles. The van der Waals surface area contributed by atoms with E-state index < -0.39 is 0 Å². The molecule has 0 unspecified atom stereocenters. The van der Waals surface area contributed by atoms with Crippen molar-refractivity contribution in [2.45, 2.75) is 45.6 Å². The monoisotopic (exact) mass is 342 g/mol. The van der Waals surface area contributed by atoms with Crippen molar-refractivity contribution in [1.29, 1.82) is 0 Å². The number of benzene rings is 3. The molecule has 4 rings (SSSR count). The van der Waals surface area contributed by atoms with Crippen molar-refractivity contribution in [3.8, 4) is 0 Å². The highest BCUT2D eigenvalue weighted by atomic mass is 15.1. The van der Waals surface area contributed by atoms with Crippen molar-refractivity contribution in [1.82, 2.24) is 9.55 Å². The van der Waals surface area contributed by atoms with Crippen LogP contribution >= 0.6 is 0 Å². The summed E-state index contributed by atoms with van der Waals surface area (Å²) in [5.74, 6) is 1.18. The van der Waals surface area contributed by atoms with Crippen molar-refractivity contribution >= 4 is 21.8 Å². The van der Waals surface area contributed by atoms with Gasteiger partial charge in [-0.1, -0.05) is 80.8 Å². The maximum atomic E-state index is 4.98. The molecule has 0 saturated carbocycles. The number of aromatic nitrogens is 2. The number of nitrogens with zero attached hydrogens (tertiary/aromatic N) is 2. The molecule has 0 aliphatic heterocycles. The quantitative estimate of drug-likeness (QED) is 0.357. The highest BCUT2D eigenvalue weighted by Gasteiger charge is 2.12. The summed E-state index contributed by atoms with van der Waals surface area (Å²) in [6, 6.07) is 23.8. The normalized spacial score (nSPS) is 11.4. The largest absolute Gasteiger partial charge is 0.328 e. The predicted molar refractivity (Wildman–Crippen MR) is 111 cm³/mol. The second kappa shape index (κ2) is 7.74. The molecule has 4 aromatic rings. The van der Waals surface area contributed by atoms with Gasteiger partial charge in [-0.2, -0.15) is 0 Å². The van der Waals surface area contributed by atoms with Crippen LogP contribution in [0.15, 0.2) is 66.7 Å². The van der Waals surface area contributed by atoms with E-state index in [4.69, 9.17) is 4.98 Å². The first-order valence-corrected chi connectivity index (χ1v) is 9.77. The summed E-state index contributed by atoms with van der Waals surface area (Å²) in [4.78, 5) is 4.98. The van der Waals surface area contributed by atoms with Gasteiger partial charge < -0.3 is 4.57 Å². The minimum atomic E-state index is 0.879. The molecule has 0 aliphatic carbocycles. The maximum Gasteiger partial charge on any atom is 0.114 e. The highest BCUT2D eigenvalue weighted by Crippen LogP contribution is 2.24. The Morgan fingerprint density at radius 3 is 2.54 bits per heavy atom. The molecule has 0 aliphatic rings. The average molecular weight is 342 g/mol. The molecule has 0 radical (unpaired) electrons. The molecule has 0 fully saturated rings. The van der Waals surface area contributed by atoms with E-state index in [0.717, 1.165) is 18.5 Å². The van der Waals surface area contributed by atoms with Crippen LogP contribution in [0, 0.1) is 0 Å². The third-order valence-electron chi connectivity index (χ3n) is 5.20. The second-order valence-electron chi connectivity index (χ2n) is 7.04. The summed E-state index contributed by atoms with van der Waals surface area (Å²) >= 11 is 0. The van der Waals surface area contributed by atoms with E-state index >= 15 is 0 Å². The van der Waals surface area contributed by atoms with Gasteiger partial charge in [0.1, 0.15) is 5.82 Å². The lowest BCUT2D eigenvalue weighted by Gasteiger charge is -2.11. The average Bonchev–Trinajstić information content (AvgIpc) is 3.03. The van der Waals surface area contributed by atoms with Crippen molar-refractivity contribution in [3.63, 3.8) is 0 Å². The molecule has 0 N–H and O–H groups in total. The molecule has 2 nitrogen and oxygen atoms in total. The van der Waals surface area contributed by atoms with Crippen molar-refractivity contribution in [2.24, 2.45) is 0 Å². The lowest BCUT2D eigenvalue weighted by Crippen LogP contribution is -2.05. The molecule has 0 bridgehead atoms. The van der Waals surface area contributed by atoms with Gasteiger partial charge in [-0.15, -0.1) is 0 Å². The van der Waals surface area contributed by atoms with Crippen LogP contribution in [0.1, 0.15) is 44.0 Å². The van der Waals surface area contributed by atoms with Gasteiger partial charge in [0, 0.05) is 13.0 Å². The van der Waals surface area contributed by atoms with Crippen LogP contribution in [0.25, 0.3) is 21.8 Å². The number of aryl methyl sites for hydroxylation is 1. The second-order valence-corrected chi connectivity index (χ2v) is 7.04. The van der Waals surface area contributed by atoms with Gasteiger partial charge in [0.25, 0.3) is 0 Å². The van der Waals surface area contributed by atoms with Crippen molar-refractivity contribution < 1.29 is 0 Å². The first kappa shape index (κ1) is 16.8. The van der Waals surface area contributed by atoms with Crippen LogP contribution in [0.3, 0.4) is 0 Å². The van der Waals surface area contributed by atoms with E-state index in [-0.39, 0.29) is 0 Å². The van der Waals surface area contributed by atoms with Crippen LogP contribution in [0.4, 0.5) is 0 Å². The molecular weight excluding hydrogens is 316 g/mol. The van der Waals surface area contributed by atoms with Crippen LogP contribution < -0.4 is 0 Å². The zero-order chi connectivity index (χ0) is 17.8. The fraction of sp³-hybridized carbons (Fsp3) is 0.292. The Morgan fingerprint density at radius 1 is 0.808 bits per heavy atom. The Bertz CT molecular complexity index is 1010. The van der Waals surface area contributed by atoms with Crippen molar-refractivity contribution in [2.75, 3.05) is 0 Å². The lowest BCUT2D eigenvalue weighted by atomic mass is 10.0. The number of hydrogen-bond donors (Lipinski definition) is 0. The highest BCUT2D eigenvalue weighted by molar-refractivity contribution is 5.86. The summed E-state index contributed by atoms with van der Waals surface area (Å²) < 4.78 is 2.44. The zero-order valence-electron chi connectivity index (χ0n) is 15.5. The molecule has 0 atom stereocenters. The summed E-state index contributed by atoms with van der Waals surface area (Å²) in [6.45, 7) is 3.32. The third kappa shape index (κ3) is 3.37. The first-order chi connectivity index (χ1) is 12.9. The molecule has 2 heteroatoms. The topological polar surface area (TPSA) is 17.8 Å². The van der Waals surface area contributed by atoms with E-state index in [0.29, 0.717) is 0 Å². The molecule has 26 heavy (non-hydrogen) atoms. The van der Waals surface area contributed by atoms with Crippen molar-refractivity contribution in [3.05, 3.63) is 78.1 Å². The Balaban J connectivity index is 1.71. The number of hydrogen-bond acceptors (Lipinski definition) is 1. The van der Waals surface area contributed by atoms with Gasteiger partial charge in [0.2, 0.25) is 0 Å². The van der Waals surface area contributed by atoms with E-state index in [1.54, 1.807) is 0 Å². The Labute approximate surface area is 155 Å². The molecule has 132 valence electrons. The van der Waals surface area contributed by atoms with E-state index in [2.05, 4.69) is 78.2 Å². The molecule has 3 aromatic carbocycles. The molecule has 1 heterocycles. The fourth-order valence-corrected chi connectivity index (χ4v) is 3.82. The molecular formula is C24H26N2. The number of para-hydroxylation sites is 2. The molecule has 0 amide bonds. The summed E-state index contributed by atoms with van der Waals surface area (Å²) in [5, 5.41) is 2.63. The summed E-state index contributed by atoms with van der Waals surface area (Å²) in [6.07, 6.45) is 5.97. The first-order valence-electron chi connectivity index (χ1n) is 9.77. The minimum Gasteiger partial charge on any atom is -0.328 e. The smallest absolute Gasteiger partial charge is 0.114 e. The molecule has 1 aromatic heterocycles. The van der Waals surface area contributed by atoms with Gasteiger partial charge in [0.15, 0.2) is 0 Å². The third-order valence-corrected chi connectivity index (χ3v) is 5.20. The van der Waals surface area contributed by atoms with Gasteiger partial charge in [-0.05, 0) is 34.9 Å². The summed E-state index contributed by atoms with van der Waals surface area (Å²) in [7, 11) is 0. The Kier molecular flexibility index (Phi) is 5.01. The predicted octanol–water partition coefficient (Wildman–Crippen LogP) is 6.36. The van der Waals surface area contributed by atoms with E-state index in [1.165, 1.54) is 53.4 Å². The number of rotatable bonds is 7. The number of unbranched alkanes of at least 4 members (excludes halogenated alkanes) is 3. The van der Waals surface area contributed by atoms with Crippen LogP contribution in [-0.2, 0) is 13.0 Å². The summed E-state index contributed by atoms with van der Waals surface area (Å²) in [5.41, 5.74) is 3.73. The van der Waals surface area contributed by atoms with Gasteiger partial charge in [0.05, 0.1) is 11.0 Å². The Hall–Kier alpha value is -2.61. The van der Waals surface area contributed by atoms with Gasteiger partial charge in [-0.25, -0.2) is 4.98 Å². The van der Waals surface area contributed by atoms with E-state index in [1.807, 2.05) is 0 Å². The Morgan fingerprint density at radius 2 is 1.62 bits per heavy atom. The molecule has 0 spiro atoms. The van der Waals surface area contributed by atoms with Crippen LogP contribution in [0.2, 0.25) is 0 Å². The lowest BCUT2D eigenvalue weighted by molar-refractivity contribution is 0.578. The minimum absolute atomic E-state index is 0.879. The van der Waals surface area contributed by atoms with Crippen LogP contribution in [-0.4, -0.2) is 9.55 Å². The maximum absolute atomic E-state index is 4.98. The fourth-order valence-electron chi connectivity index (χ4n) is 3.82.